The largest absolute Gasteiger partial charge is 0.443 e. The Morgan fingerprint density at radius 3 is 2.78 bits per heavy atom. The molecule has 0 saturated heterocycles. The number of nitrogens with zero attached hydrogens (tertiary/aromatic N) is 1. The Hall–Kier alpha value is -2.35. The van der Waals surface area contributed by atoms with E-state index < -0.39 is 0 Å². The van der Waals surface area contributed by atoms with Gasteiger partial charge in [-0.25, -0.2) is 4.98 Å². The monoisotopic (exact) mass is 235 g/mol. The van der Waals surface area contributed by atoms with Crippen LogP contribution in [0.4, 0.5) is 0 Å². The van der Waals surface area contributed by atoms with Crippen LogP contribution in [0.1, 0.15) is 12.5 Å². The van der Waals surface area contributed by atoms with Crippen LogP contribution in [-0.2, 0) is 0 Å². The minimum absolute atomic E-state index is 0.813. The summed E-state index contributed by atoms with van der Waals surface area (Å²) in [6, 6.07) is 14.4. The average Bonchev–Trinajstić information content (AvgIpc) is 2.86. The molecule has 0 saturated carbocycles. The first-order valence-electron chi connectivity index (χ1n) is 5.83. The van der Waals surface area contributed by atoms with E-state index >= 15 is 0 Å². The number of oxazole rings is 1. The summed E-state index contributed by atoms with van der Waals surface area (Å²) < 4.78 is 5.33. The Balaban J connectivity index is 2.13. The number of aromatic nitrogens is 1. The van der Waals surface area contributed by atoms with E-state index in [1.54, 1.807) is 0 Å². The summed E-state index contributed by atoms with van der Waals surface area (Å²) in [5.41, 5.74) is 6.21. The molecule has 0 fully saturated rings. The molecule has 2 heteroatoms. The highest BCUT2D eigenvalue weighted by molar-refractivity contribution is 5.81. The molecule has 3 aromatic rings. The summed E-state index contributed by atoms with van der Waals surface area (Å²) in [6.07, 6.45) is 1.47. The van der Waals surface area contributed by atoms with E-state index in [-0.39, 0.29) is 0 Å². The van der Waals surface area contributed by atoms with Gasteiger partial charge in [-0.1, -0.05) is 36.4 Å². The maximum Gasteiger partial charge on any atom is 0.181 e. The Kier molecular flexibility index (Phi) is 2.49. The predicted octanol–water partition coefficient (Wildman–Crippen LogP) is 4.53. The lowest BCUT2D eigenvalue weighted by Crippen LogP contribution is -1.82. The number of hydrogen-bond acceptors (Lipinski definition) is 2. The molecule has 18 heavy (non-hydrogen) atoms. The molecule has 0 amide bonds. The highest BCUT2D eigenvalue weighted by atomic mass is 16.3. The van der Waals surface area contributed by atoms with Crippen molar-refractivity contribution in [1.29, 1.82) is 0 Å². The minimum atomic E-state index is 0.813. The first-order chi connectivity index (χ1) is 8.74. The summed E-state index contributed by atoms with van der Waals surface area (Å²) in [5.74, 6) is 0. The molecule has 0 aliphatic rings. The van der Waals surface area contributed by atoms with Crippen molar-refractivity contribution in [2.75, 3.05) is 0 Å². The Morgan fingerprint density at radius 1 is 1.11 bits per heavy atom. The third kappa shape index (κ3) is 1.82. The van der Waals surface area contributed by atoms with Crippen LogP contribution in [0.25, 0.3) is 27.8 Å². The third-order valence-electron chi connectivity index (χ3n) is 3.02. The molecule has 1 aromatic heterocycles. The van der Waals surface area contributed by atoms with Crippen LogP contribution in [0.15, 0.2) is 59.9 Å². The molecule has 3 rings (SSSR count). The van der Waals surface area contributed by atoms with Crippen LogP contribution in [0.5, 0.6) is 0 Å². The van der Waals surface area contributed by atoms with Gasteiger partial charge in [-0.3, -0.25) is 0 Å². The van der Waals surface area contributed by atoms with Crippen LogP contribution < -0.4 is 0 Å². The molecule has 0 unspecified atom stereocenters. The molecule has 0 atom stereocenters. The summed E-state index contributed by atoms with van der Waals surface area (Å²) >= 11 is 0. The van der Waals surface area contributed by atoms with Crippen molar-refractivity contribution in [3.63, 3.8) is 0 Å². The van der Waals surface area contributed by atoms with Crippen LogP contribution in [0, 0.1) is 0 Å². The zero-order valence-electron chi connectivity index (χ0n) is 10.2. The zero-order valence-corrected chi connectivity index (χ0v) is 10.2. The molecule has 0 aliphatic carbocycles. The zero-order chi connectivity index (χ0) is 12.5. The third-order valence-corrected chi connectivity index (χ3v) is 3.02. The van der Waals surface area contributed by atoms with Gasteiger partial charge in [0.1, 0.15) is 5.52 Å². The minimum Gasteiger partial charge on any atom is -0.443 e. The van der Waals surface area contributed by atoms with Crippen molar-refractivity contribution in [3.8, 4) is 11.1 Å². The van der Waals surface area contributed by atoms with Gasteiger partial charge in [0.2, 0.25) is 0 Å². The van der Waals surface area contributed by atoms with Crippen LogP contribution in [0.2, 0.25) is 0 Å². The average molecular weight is 235 g/mol. The smallest absolute Gasteiger partial charge is 0.181 e. The van der Waals surface area contributed by atoms with Crippen molar-refractivity contribution in [2.24, 2.45) is 0 Å². The fourth-order valence-electron chi connectivity index (χ4n) is 2.00. The van der Waals surface area contributed by atoms with E-state index in [9.17, 15) is 0 Å². The first kappa shape index (κ1) is 10.8. The van der Waals surface area contributed by atoms with Crippen molar-refractivity contribution in [1.82, 2.24) is 4.98 Å². The van der Waals surface area contributed by atoms with Crippen LogP contribution in [0.3, 0.4) is 0 Å². The molecule has 2 nitrogen and oxygen atoms in total. The van der Waals surface area contributed by atoms with Crippen molar-refractivity contribution < 1.29 is 4.42 Å². The first-order valence-corrected chi connectivity index (χ1v) is 5.83. The van der Waals surface area contributed by atoms with E-state index in [4.69, 9.17) is 4.42 Å². The van der Waals surface area contributed by atoms with Crippen LogP contribution in [-0.4, -0.2) is 4.98 Å². The number of fused-ring (bicyclic) bond motifs is 1. The van der Waals surface area contributed by atoms with Gasteiger partial charge in [0.25, 0.3) is 0 Å². The van der Waals surface area contributed by atoms with E-state index in [0.717, 1.165) is 33.4 Å². The number of benzene rings is 2. The van der Waals surface area contributed by atoms with Gasteiger partial charge in [0.05, 0.1) is 0 Å². The maximum atomic E-state index is 5.33. The normalized spacial score (nSPS) is 10.7. The number of hydrogen-bond donors (Lipinski definition) is 0. The predicted molar refractivity (Wildman–Crippen MR) is 74.2 cm³/mol. The Labute approximate surface area is 106 Å². The van der Waals surface area contributed by atoms with Gasteiger partial charge >= 0.3 is 0 Å². The molecule has 0 bridgehead atoms. The molecule has 2 aromatic carbocycles. The van der Waals surface area contributed by atoms with Gasteiger partial charge in [0.15, 0.2) is 12.0 Å². The molecule has 1 heterocycles. The highest BCUT2D eigenvalue weighted by Gasteiger charge is 2.03. The quantitative estimate of drug-likeness (QED) is 0.652. The van der Waals surface area contributed by atoms with E-state index in [0.29, 0.717) is 0 Å². The van der Waals surface area contributed by atoms with Gasteiger partial charge < -0.3 is 4.42 Å². The lowest BCUT2D eigenvalue weighted by molar-refractivity contribution is 0.602. The highest BCUT2D eigenvalue weighted by Crippen LogP contribution is 2.26. The summed E-state index contributed by atoms with van der Waals surface area (Å²) in [5, 5.41) is 0. The van der Waals surface area contributed by atoms with Crippen molar-refractivity contribution >= 4 is 16.7 Å². The molecule has 88 valence electrons. The molecule has 0 N–H and O–H groups in total. The lowest BCUT2D eigenvalue weighted by Gasteiger charge is -2.05. The second-order valence-electron chi connectivity index (χ2n) is 4.40. The molecule has 0 spiro atoms. The van der Waals surface area contributed by atoms with Crippen LogP contribution >= 0.6 is 0 Å². The SMILES string of the molecule is C=C(C)c1cccc(-c2ccc3ncoc3c2)c1. The topological polar surface area (TPSA) is 26.0 Å². The van der Waals surface area contributed by atoms with E-state index in [2.05, 4.69) is 35.8 Å². The van der Waals surface area contributed by atoms with Gasteiger partial charge in [-0.2, -0.15) is 0 Å². The fraction of sp³-hybridized carbons (Fsp3) is 0.0625. The summed E-state index contributed by atoms with van der Waals surface area (Å²) in [4.78, 5) is 4.12. The second kappa shape index (κ2) is 4.15. The molecular weight excluding hydrogens is 222 g/mol. The maximum absolute atomic E-state index is 5.33. The van der Waals surface area contributed by atoms with E-state index in [1.807, 2.05) is 25.1 Å². The summed E-state index contributed by atoms with van der Waals surface area (Å²) in [7, 11) is 0. The van der Waals surface area contributed by atoms with Crippen molar-refractivity contribution in [2.45, 2.75) is 6.92 Å². The molecular formula is C16H13NO. The van der Waals surface area contributed by atoms with Gasteiger partial charge in [0, 0.05) is 0 Å². The second-order valence-corrected chi connectivity index (χ2v) is 4.40. The van der Waals surface area contributed by atoms with Gasteiger partial charge in [-0.15, -0.1) is 0 Å². The lowest BCUT2D eigenvalue weighted by atomic mass is 10.0. The van der Waals surface area contributed by atoms with Crippen molar-refractivity contribution in [3.05, 3.63) is 61.0 Å². The van der Waals surface area contributed by atoms with E-state index in [1.165, 1.54) is 6.39 Å². The Bertz CT molecular complexity index is 725. The van der Waals surface area contributed by atoms with Gasteiger partial charge in [-0.05, 0) is 41.8 Å². The molecule has 0 aliphatic heterocycles. The summed E-state index contributed by atoms with van der Waals surface area (Å²) in [6.45, 7) is 5.99. The fourth-order valence-corrected chi connectivity index (χ4v) is 2.00. The number of allylic oxidation sites excluding steroid dienone is 1. The molecule has 0 radical (unpaired) electrons. The standard InChI is InChI=1S/C16H13NO/c1-11(2)12-4-3-5-13(8-12)14-6-7-15-16(9-14)18-10-17-15/h3-10H,1H2,2H3. The Morgan fingerprint density at radius 2 is 1.94 bits per heavy atom. The number of rotatable bonds is 2.